The van der Waals surface area contributed by atoms with E-state index in [1.54, 1.807) is 0 Å². The Bertz CT molecular complexity index is 223. The fourth-order valence-corrected chi connectivity index (χ4v) is 0.396. The first-order valence-corrected chi connectivity index (χ1v) is 3.28. The Morgan fingerprint density at radius 2 is 1.64 bits per heavy atom. The van der Waals surface area contributed by atoms with E-state index in [0.717, 1.165) is 0 Å². The van der Waals surface area contributed by atoms with Crippen LogP contribution in [0, 0.1) is 0 Å². The average molecular weight is 234 g/mol. The van der Waals surface area contributed by atoms with Gasteiger partial charge in [-0.15, -0.1) is 0 Å². The smallest absolute Gasteiger partial charge is 1.00 e. The first kappa shape index (κ1) is 16.1. The summed E-state index contributed by atoms with van der Waals surface area (Å²) in [5.41, 5.74) is 0. The third-order valence-corrected chi connectivity index (χ3v) is 0.877. The van der Waals surface area contributed by atoms with E-state index in [0.29, 0.717) is 0 Å². The molecule has 0 aromatic rings. The number of aliphatic carboxylic acids is 2. The molecule has 0 bridgehead atoms. The van der Waals surface area contributed by atoms with Crippen LogP contribution in [0.4, 0.5) is 0 Å². The second-order valence-corrected chi connectivity index (χ2v) is 2.01. The molecular formula is C6H10CaO7. The molecule has 0 fully saturated rings. The van der Waals surface area contributed by atoms with Crippen LogP contribution in [-0.2, 0) is 24.2 Å². The Labute approximate surface area is 112 Å². The van der Waals surface area contributed by atoms with E-state index in [9.17, 15) is 14.4 Å². The molecule has 0 amide bonds. The molecule has 0 atom stereocenters. The summed E-state index contributed by atoms with van der Waals surface area (Å²) < 4.78 is 0. The fraction of sp³-hybridized carbons (Fsp3) is 0.500. The van der Waals surface area contributed by atoms with Gasteiger partial charge in [0.25, 0.3) is 0 Å². The van der Waals surface area contributed by atoms with Crippen LogP contribution in [0.1, 0.15) is 15.7 Å². The van der Waals surface area contributed by atoms with Gasteiger partial charge in [0.2, 0.25) is 0 Å². The van der Waals surface area contributed by atoms with Crippen molar-refractivity contribution in [2.45, 2.75) is 12.8 Å². The van der Waals surface area contributed by atoms with Crippen LogP contribution in [0.3, 0.4) is 0 Å². The molecule has 0 aromatic carbocycles. The zero-order valence-electron chi connectivity index (χ0n) is 9.26. The van der Waals surface area contributed by atoms with Gasteiger partial charge in [0.05, 0.1) is 12.8 Å². The van der Waals surface area contributed by atoms with Crippen molar-refractivity contribution in [3.63, 3.8) is 0 Å². The van der Waals surface area contributed by atoms with Crippen LogP contribution in [0.15, 0.2) is 0 Å². The molecule has 0 aliphatic rings. The molecule has 0 spiro atoms. The molecule has 0 rings (SSSR count). The number of rotatable bonds is 6. The quantitative estimate of drug-likeness (QED) is 0.353. The van der Waals surface area contributed by atoms with Gasteiger partial charge in [0, 0.05) is 0 Å². The van der Waals surface area contributed by atoms with Crippen molar-refractivity contribution >= 4 is 55.6 Å². The van der Waals surface area contributed by atoms with E-state index >= 15 is 0 Å². The number of hydrogen-bond donors (Lipinski definition) is 2. The van der Waals surface area contributed by atoms with Crippen LogP contribution < -0.4 is 0 Å². The van der Waals surface area contributed by atoms with Crippen molar-refractivity contribution in [1.29, 1.82) is 0 Å². The molecule has 0 saturated carbocycles. The normalized spacial score (nSPS) is 8.57. The fourth-order valence-electron chi connectivity index (χ4n) is 0.396. The van der Waals surface area contributed by atoms with Gasteiger partial charge in [-0.25, -0.2) is 9.59 Å². The molecule has 2 N–H and O–H groups in total. The first-order chi connectivity index (χ1) is 6.02. The number of carboxylic acids is 2. The molecule has 7 nitrogen and oxygen atoms in total. The maximum absolute atomic E-state index is 10.5. The van der Waals surface area contributed by atoms with Gasteiger partial charge in [0.1, 0.15) is 0 Å². The Morgan fingerprint density at radius 3 is 2.07 bits per heavy atom. The van der Waals surface area contributed by atoms with Gasteiger partial charge in [-0.05, 0) is 0 Å². The number of carboxylic acid groups (broad SMARTS) is 2. The molecule has 14 heavy (non-hydrogen) atoms. The molecular weight excluding hydrogens is 224 g/mol. The minimum atomic E-state index is -1.29. The monoisotopic (exact) mass is 234 g/mol. The van der Waals surface area contributed by atoms with E-state index < -0.39 is 24.5 Å². The third kappa shape index (κ3) is 11.6. The summed E-state index contributed by atoms with van der Waals surface area (Å²) in [4.78, 5) is 38.2. The minimum absolute atomic E-state index is 0. The van der Waals surface area contributed by atoms with Crippen molar-refractivity contribution in [3.05, 3.63) is 0 Å². The maximum atomic E-state index is 10.5. The molecule has 0 heterocycles. The predicted molar refractivity (Wildman–Crippen MR) is 44.5 cm³/mol. The molecule has 78 valence electrons. The first-order valence-electron chi connectivity index (χ1n) is 3.28. The van der Waals surface area contributed by atoms with Crippen molar-refractivity contribution in [3.8, 4) is 0 Å². The number of carbonyl (C=O) groups excluding carboxylic acids is 1. The van der Waals surface area contributed by atoms with Gasteiger partial charge in [0.15, 0.2) is 6.61 Å². The topological polar surface area (TPSA) is 110 Å². The van der Waals surface area contributed by atoms with Crippen LogP contribution in [0.5, 0.6) is 0 Å². The van der Waals surface area contributed by atoms with Crippen molar-refractivity contribution in [1.82, 2.24) is 0 Å². The summed E-state index contributed by atoms with van der Waals surface area (Å²) in [6.07, 6.45) is -0.732. The third-order valence-electron chi connectivity index (χ3n) is 0.877. The molecule has 8 heteroatoms. The summed E-state index contributed by atoms with van der Waals surface area (Å²) in [5.74, 6) is -3.34. The van der Waals surface area contributed by atoms with Gasteiger partial charge in [-0.3, -0.25) is 9.68 Å². The average Bonchev–Trinajstić information content (AvgIpc) is 2.00. The number of hydrogen-bond acceptors (Lipinski definition) is 5. The van der Waals surface area contributed by atoms with E-state index in [1.807, 2.05) is 0 Å². The van der Waals surface area contributed by atoms with Gasteiger partial charge in [-0.2, -0.15) is 4.89 Å². The Balaban J connectivity index is -0.000000240. The second-order valence-electron chi connectivity index (χ2n) is 2.01. The standard InChI is InChI=1S/C6H8O7.Ca.2H/c7-4(8)1-2-6(11)13-12-3-5(9)10;;;/h1-3H2,(H,7,8)(H,9,10);;;/q;+2;2*-1. The predicted octanol–water partition coefficient (Wildman–Crippen LogP) is -0.745. The van der Waals surface area contributed by atoms with Crippen molar-refractivity contribution in [2.24, 2.45) is 0 Å². The van der Waals surface area contributed by atoms with Crippen molar-refractivity contribution in [2.75, 3.05) is 6.61 Å². The van der Waals surface area contributed by atoms with Crippen LogP contribution in [0.2, 0.25) is 0 Å². The second kappa shape index (κ2) is 9.20. The molecule has 0 aliphatic carbocycles. The minimum Gasteiger partial charge on any atom is -1.00 e. The zero-order chi connectivity index (χ0) is 10.3. The largest absolute Gasteiger partial charge is 2.00 e. The van der Waals surface area contributed by atoms with Crippen LogP contribution in [0.25, 0.3) is 0 Å². The van der Waals surface area contributed by atoms with E-state index in [1.165, 1.54) is 0 Å². The van der Waals surface area contributed by atoms with Crippen LogP contribution in [-0.4, -0.2) is 72.5 Å². The summed E-state index contributed by atoms with van der Waals surface area (Å²) in [5, 5.41) is 16.2. The Morgan fingerprint density at radius 1 is 1.07 bits per heavy atom. The molecule has 0 aromatic heterocycles. The Kier molecular flexibility index (Phi) is 10.6. The van der Waals surface area contributed by atoms with E-state index in [4.69, 9.17) is 10.2 Å². The van der Waals surface area contributed by atoms with Crippen LogP contribution >= 0.6 is 0 Å². The summed E-state index contributed by atoms with van der Waals surface area (Å²) in [6, 6.07) is 0. The van der Waals surface area contributed by atoms with Gasteiger partial charge >= 0.3 is 55.6 Å². The summed E-state index contributed by atoms with van der Waals surface area (Å²) in [6.45, 7) is -0.765. The SMILES string of the molecule is O=C(O)CCC(=O)OOCC(=O)O.[Ca+2].[H-].[H-]. The van der Waals surface area contributed by atoms with E-state index in [-0.39, 0.29) is 53.4 Å². The summed E-state index contributed by atoms with van der Waals surface area (Å²) in [7, 11) is 0. The molecule has 0 unspecified atom stereocenters. The Hall–Kier alpha value is -0.370. The molecule has 0 radical (unpaired) electrons. The number of carbonyl (C=O) groups is 3. The summed E-state index contributed by atoms with van der Waals surface area (Å²) >= 11 is 0. The van der Waals surface area contributed by atoms with E-state index in [2.05, 4.69) is 9.78 Å². The van der Waals surface area contributed by atoms with Gasteiger partial charge in [-0.1, -0.05) is 0 Å². The van der Waals surface area contributed by atoms with Crippen molar-refractivity contribution < 1.29 is 37.2 Å². The molecule has 0 saturated heterocycles. The molecule has 0 aliphatic heterocycles. The van der Waals surface area contributed by atoms with Gasteiger partial charge < -0.3 is 13.1 Å². The zero-order valence-corrected chi connectivity index (χ0v) is 9.47. The maximum Gasteiger partial charge on any atom is 2.00 e.